The van der Waals surface area contributed by atoms with E-state index in [2.05, 4.69) is 34.6 Å². The number of nitrogens with one attached hydrogen (secondary N) is 2. The molecule has 37 heavy (non-hydrogen) atoms. The monoisotopic (exact) mass is 540 g/mol. The molecule has 0 aliphatic carbocycles. The van der Waals surface area contributed by atoms with Gasteiger partial charge in [0.15, 0.2) is 0 Å². The predicted molar refractivity (Wildman–Crippen MR) is 151 cm³/mol. The summed E-state index contributed by atoms with van der Waals surface area (Å²) in [7, 11) is 0. The number of halogens is 2. The van der Waals surface area contributed by atoms with Crippen LogP contribution in [0.5, 0.6) is 0 Å². The van der Waals surface area contributed by atoms with Crippen molar-refractivity contribution in [2.45, 2.75) is 19.6 Å². The van der Waals surface area contributed by atoms with Gasteiger partial charge >= 0.3 is 0 Å². The van der Waals surface area contributed by atoms with Gasteiger partial charge in [0, 0.05) is 28.6 Å². The fourth-order valence-corrected chi connectivity index (χ4v) is 4.63. The number of benzene rings is 3. The summed E-state index contributed by atoms with van der Waals surface area (Å²) in [6.45, 7) is 7.43. The standard InChI is InChI=1S/C28H30ClFN4O2S/c1-3-34(4-2)14-15-37-19-21-6-5-7-22(16-21)27(35)32-26-13-10-23(29)17-25(26)28(36)33-31-18-20-8-11-24(30)12-9-20/h5-13,16-18H,3-4,14-15,19H2,1-2H3,(H,32,35)(H,33,36)/b31-18+. The van der Waals surface area contributed by atoms with Crippen molar-refractivity contribution in [1.82, 2.24) is 10.3 Å². The fourth-order valence-electron chi connectivity index (χ4n) is 3.51. The minimum atomic E-state index is -0.547. The Balaban J connectivity index is 1.63. The quantitative estimate of drug-likeness (QED) is 0.166. The Morgan fingerprint density at radius 3 is 2.51 bits per heavy atom. The first-order valence-electron chi connectivity index (χ1n) is 12.0. The highest BCUT2D eigenvalue weighted by molar-refractivity contribution is 7.98. The molecule has 3 aromatic carbocycles. The van der Waals surface area contributed by atoms with E-state index in [9.17, 15) is 14.0 Å². The van der Waals surface area contributed by atoms with Crippen molar-refractivity contribution < 1.29 is 14.0 Å². The van der Waals surface area contributed by atoms with Crippen molar-refractivity contribution in [3.8, 4) is 0 Å². The summed E-state index contributed by atoms with van der Waals surface area (Å²) < 4.78 is 13.0. The number of carbonyl (C=O) groups excluding carboxylic acids is 2. The third kappa shape index (κ3) is 9.00. The Kier molecular flexibility index (Phi) is 11.1. The molecule has 9 heteroatoms. The van der Waals surface area contributed by atoms with Gasteiger partial charge in [0.2, 0.25) is 0 Å². The molecule has 3 rings (SSSR count). The van der Waals surface area contributed by atoms with E-state index in [-0.39, 0.29) is 17.3 Å². The maximum atomic E-state index is 13.0. The first-order valence-corrected chi connectivity index (χ1v) is 13.5. The lowest BCUT2D eigenvalue weighted by Crippen LogP contribution is -2.25. The molecule has 0 bridgehead atoms. The van der Waals surface area contributed by atoms with Crippen LogP contribution in [-0.2, 0) is 5.75 Å². The maximum Gasteiger partial charge on any atom is 0.273 e. The summed E-state index contributed by atoms with van der Waals surface area (Å²) >= 11 is 7.94. The number of amides is 2. The Hall–Kier alpha value is -3.20. The van der Waals surface area contributed by atoms with Crippen LogP contribution >= 0.6 is 23.4 Å². The topological polar surface area (TPSA) is 73.8 Å². The van der Waals surface area contributed by atoms with Crippen LogP contribution in [0, 0.1) is 5.82 Å². The van der Waals surface area contributed by atoms with Crippen LogP contribution < -0.4 is 10.7 Å². The highest BCUT2D eigenvalue weighted by Crippen LogP contribution is 2.22. The van der Waals surface area contributed by atoms with Gasteiger partial charge in [-0.2, -0.15) is 16.9 Å². The number of nitrogens with zero attached hydrogens (tertiary/aromatic N) is 2. The normalized spacial score (nSPS) is 11.2. The number of hydrogen-bond acceptors (Lipinski definition) is 5. The zero-order valence-corrected chi connectivity index (χ0v) is 22.4. The number of hydrazone groups is 1. The van der Waals surface area contributed by atoms with E-state index >= 15 is 0 Å². The third-order valence-corrected chi connectivity index (χ3v) is 6.87. The van der Waals surface area contributed by atoms with Crippen LogP contribution in [0.2, 0.25) is 5.02 Å². The fraction of sp³-hybridized carbons (Fsp3) is 0.250. The summed E-state index contributed by atoms with van der Waals surface area (Å²) in [5, 5.41) is 7.07. The number of carbonyl (C=O) groups is 2. The SMILES string of the molecule is CCN(CC)CCSCc1cccc(C(=O)Nc2ccc(Cl)cc2C(=O)N/N=C/c2ccc(F)cc2)c1. The number of rotatable bonds is 12. The second kappa shape index (κ2) is 14.5. The molecule has 0 radical (unpaired) electrons. The van der Waals surface area contributed by atoms with Crippen LogP contribution in [0.15, 0.2) is 71.8 Å². The Morgan fingerprint density at radius 2 is 1.78 bits per heavy atom. The minimum absolute atomic E-state index is 0.167. The van der Waals surface area contributed by atoms with Crippen molar-refractivity contribution >= 4 is 47.1 Å². The number of anilines is 1. The molecule has 0 aliphatic rings. The van der Waals surface area contributed by atoms with E-state index in [1.54, 1.807) is 18.2 Å². The van der Waals surface area contributed by atoms with Crippen molar-refractivity contribution in [1.29, 1.82) is 0 Å². The van der Waals surface area contributed by atoms with Gasteiger partial charge in [0.1, 0.15) is 5.82 Å². The van der Waals surface area contributed by atoms with Crippen LogP contribution in [-0.4, -0.2) is 48.3 Å². The maximum absolute atomic E-state index is 13.0. The first-order chi connectivity index (χ1) is 17.9. The average Bonchev–Trinajstić information content (AvgIpc) is 2.91. The second-order valence-electron chi connectivity index (χ2n) is 8.17. The summed E-state index contributed by atoms with van der Waals surface area (Å²) in [5.74, 6) is 0.587. The van der Waals surface area contributed by atoms with Crippen molar-refractivity contribution in [3.63, 3.8) is 0 Å². The Labute approximate surface area is 226 Å². The van der Waals surface area contributed by atoms with E-state index in [1.165, 1.54) is 36.5 Å². The van der Waals surface area contributed by atoms with Crippen molar-refractivity contribution in [3.05, 3.63) is 99.8 Å². The van der Waals surface area contributed by atoms with Gasteiger partial charge < -0.3 is 10.2 Å². The van der Waals surface area contributed by atoms with Crippen molar-refractivity contribution in [2.24, 2.45) is 5.10 Å². The largest absolute Gasteiger partial charge is 0.321 e. The second-order valence-corrected chi connectivity index (χ2v) is 9.72. The zero-order valence-electron chi connectivity index (χ0n) is 20.8. The van der Waals surface area contributed by atoms with Crippen LogP contribution in [0.1, 0.15) is 45.7 Å². The zero-order chi connectivity index (χ0) is 26.6. The van der Waals surface area contributed by atoms with E-state index in [1.807, 2.05) is 30.0 Å². The molecule has 0 atom stereocenters. The molecule has 0 aliphatic heterocycles. The highest BCUT2D eigenvalue weighted by Gasteiger charge is 2.15. The molecule has 3 aromatic rings. The molecular formula is C28H30ClFN4O2S. The van der Waals surface area contributed by atoms with Gasteiger partial charge in [-0.15, -0.1) is 0 Å². The molecule has 0 spiro atoms. The molecule has 0 heterocycles. The first kappa shape index (κ1) is 28.4. The van der Waals surface area contributed by atoms with Gasteiger partial charge in [-0.1, -0.05) is 49.7 Å². The summed E-state index contributed by atoms with van der Waals surface area (Å²) in [6.07, 6.45) is 1.39. The Morgan fingerprint density at radius 1 is 1.03 bits per heavy atom. The number of hydrogen-bond donors (Lipinski definition) is 2. The molecule has 0 aromatic heterocycles. The molecule has 6 nitrogen and oxygen atoms in total. The van der Waals surface area contributed by atoms with E-state index in [0.717, 1.165) is 36.7 Å². The summed E-state index contributed by atoms with van der Waals surface area (Å²) in [5.41, 5.74) is 5.06. The molecule has 2 amide bonds. The van der Waals surface area contributed by atoms with Crippen LogP contribution in [0.3, 0.4) is 0 Å². The van der Waals surface area contributed by atoms with E-state index in [4.69, 9.17) is 11.6 Å². The van der Waals surface area contributed by atoms with E-state index in [0.29, 0.717) is 21.8 Å². The summed E-state index contributed by atoms with van der Waals surface area (Å²) in [4.78, 5) is 28.2. The number of thioether (sulfide) groups is 1. The molecular weight excluding hydrogens is 511 g/mol. The Bertz CT molecular complexity index is 1230. The molecule has 0 fully saturated rings. The molecule has 0 saturated heterocycles. The van der Waals surface area contributed by atoms with Crippen LogP contribution in [0.25, 0.3) is 0 Å². The van der Waals surface area contributed by atoms with Gasteiger partial charge in [-0.25, -0.2) is 9.82 Å². The molecule has 2 N–H and O–H groups in total. The van der Waals surface area contributed by atoms with E-state index < -0.39 is 5.91 Å². The van der Waals surface area contributed by atoms with Crippen molar-refractivity contribution in [2.75, 3.05) is 30.7 Å². The predicted octanol–water partition coefficient (Wildman–Crippen LogP) is 6.07. The van der Waals surface area contributed by atoms with Gasteiger partial charge in [0.25, 0.3) is 11.8 Å². The molecule has 194 valence electrons. The lowest BCUT2D eigenvalue weighted by molar-refractivity contribution is 0.0956. The lowest BCUT2D eigenvalue weighted by atomic mass is 10.1. The van der Waals surface area contributed by atoms with Gasteiger partial charge in [0.05, 0.1) is 17.5 Å². The van der Waals surface area contributed by atoms with Gasteiger partial charge in [-0.3, -0.25) is 9.59 Å². The highest BCUT2D eigenvalue weighted by atomic mass is 35.5. The van der Waals surface area contributed by atoms with Crippen LogP contribution in [0.4, 0.5) is 10.1 Å². The third-order valence-electron chi connectivity index (χ3n) is 5.63. The average molecular weight is 541 g/mol. The lowest BCUT2D eigenvalue weighted by Gasteiger charge is -2.17. The molecule has 0 unspecified atom stereocenters. The minimum Gasteiger partial charge on any atom is -0.321 e. The smallest absolute Gasteiger partial charge is 0.273 e. The summed E-state index contributed by atoms with van der Waals surface area (Å²) in [6, 6.07) is 17.8. The molecule has 0 saturated carbocycles. The van der Waals surface area contributed by atoms with Gasteiger partial charge in [-0.05, 0) is 66.7 Å².